The van der Waals surface area contributed by atoms with E-state index in [2.05, 4.69) is 31.8 Å². The van der Waals surface area contributed by atoms with Crippen LogP contribution in [0.2, 0.25) is 0 Å². The van der Waals surface area contributed by atoms with Crippen LogP contribution in [0.3, 0.4) is 0 Å². The molecule has 0 saturated heterocycles. The Labute approximate surface area is 172 Å². The molecule has 1 unspecified atom stereocenters. The van der Waals surface area contributed by atoms with Crippen LogP contribution < -0.4 is 20.2 Å². The molecule has 7 nitrogen and oxygen atoms in total. The van der Waals surface area contributed by atoms with Crippen LogP contribution in [-0.2, 0) is 9.59 Å². The molecule has 0 fully saturated rings. The van der Waals surface area contributed by atoms with Crippen LogP contribution in [0.15, 0.2) is 52.0 Å². The number of amides is 2. The highest BCUT2D eigenvalue weighted by Gasteiger charge is 2.21. The molecule has 1 atom stereocenters. The number of hydrogen-bond donors (Lipinski definition) is 2. The summed E-state index contributed by atoms with van der Waals surface area (Å²) in [6.45, 7) is 3.93. The third kappa shape index (κ3) is 5.82. The van der Waals surface area contributed by atoms with Crippen LogP contribution in [0.5, 0.6) is 11.5 Å². The third-order valence-electron chi connectivity index (χ3n) is 3.79. The van der Waals surface area contributed by atoms with E-state index in [4.69, 9.17) is 9.47 Å². The normalized spacial score (nSPS) is 11.7. The lowest BCUT2D eigenvalue weighted by Crippen LogP contribution is -2.34. The molecular formula is C20H22BrN3O4. The maximum absolute atomic E-state index is 12.2. The number of hydrogen-bond acceptors (Lipinski definition) is 5. The van der Waals surface area contributed by atoms with Gasteiger partial charge in [0.05, 0.1) is 25.6 Å². The molecule has 2 amide bonds. The van der Waals surface area contributed by atoms with Crippen molar-refractivity contribution < 1.29 is 19.1 Å². The van der Waals surface area contributed by atoms with E-state index >= 15 is 0 Å². The number of nitrogens with zero attached hydrogens (tertiary/aromatic N) is 1. The van der Waals surface area contributed by atoms with Gasteiger partial charge in [-0.05, 0) is 65.7 Å². The molecule has 0 aliphatic rings. The molecule has 0 heterocycles. The number of rotatable bonds is 8. The number of para-hydroxylation sites is 1. The van der Waals surface area contributed by atoms with Gasteiger partial charge in [0, 0.05) is 4.47 Å². The number of carbonyl (C=O) groups excluding carboxylic acids is 2. The summed E-state index contributed by atoms with van der Waals surface area (Å²) in [7, 11) is 1.55. The highest BCUT2D eigenvalue weighted by atomic mass is 79.9. The lowest BCUT2D eigenvalue weighted by molar-refractivity contribution is -0.131. The summed E-state index contributed by atoms with van der Waals surface area (Å²) in [5.74, 6) is -0.665. The van der Waals surface area contributed by atoms with Crippen LogP contribution in [-0.4, -0.2) is 31.7 Å². The molecule has 8 heteroatoms. The Hall–Kier alpha value is -2.87. The first kappa shape index (κ1) is 21.4. The Morgan fingerprint density at radius 1 is 1.18 bits per heavy atom. The summed E-state index contributed by atoms with van der Waals surface area (Å²) < 4.78 is 11.5. The Balaban J connectivity index is 1.95. The summed E-state index contributed by atoms with van der Waals surface area (Å²) >= 11 is 3.35. The standard InChI is InChI=1S/C20H22BrN3O4/c1-4-28-17-10-9-14(11-18(17)27-3)12-22-24-20(26)13(2)19(25)23-16-8-6-5-7-15(16)21/h5-13H,4H2,1-3H3,(H,23,25)(H,24,26). The van der Waals surface area contributed by atoms with Gasteiger partial charge in [0.25, 0.3) is 5.91 Å². The summed E-state index contributed by atoms with van der Waals surface area (Å²) in [6, 6.07) is 12.5. The predicted octanol–water partition coefficient (Wildman–Crippen LogP) is 3.58. The fraction of sp³-hybridized carbons (Fsp3) is 0.250. The zero-order chi connectivity index (χ0) is 20.5. The van der Waals surface area contributed by atoms with Crippen molar-refractivity contribution in [2.24, 2.45) is 11.0 Å². The number of methoxy groups -OCH3 is 1. The molecule has 2 aromatic rings. The highest BCUT2D eigenvalue weighted by molar-refractivity contribution is 9.10. The number of benzene rings is 2. The van der Waals surface area contributed by atoms with E-state index in [1.165, 1.54) is 13.1 Å². The highest BCUT2D eigenvalue weighted by Crippen LogP contribution is 2.27. The molecule has 0 spiro atoms. The molecule has 0 aromatic heterocycles. The van der Waals surface area contributed by atoms with Crippen molar-refractivity contribution in [2.75, 3.05) is 19.0 Å². The first-order chi connectivity index (χ1) is 13.5. The van der Waals surface area contributed by atoms with Gasteiger partial charge >= 0.3 is 0 Å². The fourth-order valence-electron chi connectivity index (χ4n) is 2.23. The minimum atomic E-state index is -0.917. The number of nitrogens with one attached hydrogen (secondary N) is 2. The number of halogens is 1. The van der Waals surface area contributed by atoms with Gasteiger partial charge < -0.3 is 14.8 Å². The van der Waals surface area contributed by atoms with E-state index in [0.717, 1.165) is 4.47 Å². The van der Waals surface area contributed by atoms with E-state index < -0.39 is 17.7 Å². The van der Waals surface area contributed by atoms with Crippen molar-refractivity contribution in [2.45, 2.75) is 13.8 Å². The molecule has 0 radical (unpaired) electrons. The Morgan fingerprint density at radius 2 is 1.93 bits per heavy atom. The van der Waals surface area contributed by atoms with Crippen molar-refractivity contribution in [1.29, 1.82) is 0 Å². The van der Waals surface area contributed by atoms with Crippen molar-refractivity contribution >= 4 is 39.6 Å². The van der Waals surface area contributed by atoms with Crippen LogP contribution >= 0.6 is 15.9 Å². The zero-order valence-corrected chi connectivity index (χ0v) is 17.4. The first-order valence-corrected chi connectivity index (χ1v) is 9.44. The smallest absolute Gasteiger partial charge is 0.252 e. The molecule has 0 aliphatic carbocycles. The Kier molecular flexibility index (Phi) is 8.01. The lowest BCUT2D eigenvalue weighted by atomic mass is 10.1. The van der Waals surface area contributed by atoms with Gasteiger partial charge in [0.15, 0.2) is 11.5 Å². The second kappa shape index (κ2) is 10.5. The van der Waals surface area contributed by atoms with Gasteiger partial charge in [-0.15, -0.1) is 0 Å². The van der Waals surface area contributed by atoms with Crippen molar-refractivity contribution in [3.8, 4) is 11.5 Å². The molecule has 148 valence electrons. The second-order valence-electron chi connectivity index (χ2n) is 5.77. The van der Waals surface area contributed by atoms with Crippen molar-refractivity contribution in [3.05, 3.63) is 52.5 Å². The average molecular weight is 448 g/mol. The molecule has 2 N–H and O–H groups in total. The van der Waals surface area contributed by atoms with Gasteiger partial charge in [-0.25, -0.2) is 5.43 Å². The summed E-state index contributed by atoms with van der Waals surface area (Å²) in [6.07, 6.45) is 1.47. The van der Waals surface area contributed by atoms with Gasteiger partial charge in [0.2, 0.25) is 5.91 Å². The number of hydrazone groups is 1. The summed E-state index contributed by atoms with van der Waals surface area (Å²) in [4.78, 5) is 24.4. The predicted molar refractivity (Wildman–Crippen MR) is 112 cm³/mol. The van der Waals surface area contributed by atoms with Crippen LogP contribution in [0.25, 0.3) is 0 Å². The number of anilines is 1. The molecule has 28 heavy (non-hydrogen) atoms. The maximum atomic E-state index is 12.2. The van der Waals surface area contributed by atoms with Gasteiger partial charge in [-0.3, -0.25) is 9.59 Å². The quantitative estimate of drug-likeness (QED) is 0.367. The first-order valence-electron chi connectivity index (χ1n) is 8.65. The van der Waals surface area contributed by atoms with Crippen LogP contribution in [0.4, 0.5) is 5.69 Å². The van der Waals surface area contributed by atoms with Gasteiger partial charge in [0.1, 0.15) is 5.92 Å². The van der Waals surface area contributed by atoms with Crippen LogP contribution in [0.1, 0.15) is 19.4 Å². The molecule has 0 aliphatic heterocycles. The van der Waals surface area contributed by atoms with E-state index in [1.807, 2.05) is 13.0 Å². The Bertz CT molecular complexity index is 870. The second-order valence-corrected chi connectivity index (χ2v) is 6.62. The number of ether oxygens (including phenoxy) is 2. The maximum Gasteiger partial charge on any atom is 0.252 e. The molecule has 2 rings (SSSR count). The van der Waals surface area contributed by atoms with E-state index in [0.29, 0.717) is 29.4 Å². The van der Waals surface area contributed by atoms with Crippen molar-refractivity contribution in [3.63, 3.8) is 0 Å². The number of carbonyl (C=O) groups is 2. The van der Waals surface area contributed by atoms with E-state index in [9.17, 15) is 9.59 Å². The SMILES string of the molecule is CCOc1ccc(C=NNC(=O)C(C)C(=O)Nc2ccccc2Br)cc1OC. The minimum Gasteiger partial charge on any atom is -0.493 e. The largest absolute Gasteiger partial charge is 0.493 e. The van der Waals surface area contributed by atoms with E-state index in [-0.39, 0.29) is 0 Å². The van der Waals surface area contributed by atoms with Crippen molar-refractivity contribution in [1.82, 2.24) is 5.43 Å². The van der Waals surface area contributed by atoms with E-state index in [1.54, 1.807) is 43.5 Å². The molecule has 2 aromatic carbocycles. The topological polar surface area (TPSA) is 89.0 Å². The van der Waals surface area contributed by atoms with Gasteiger partial charge in [-0.2, -0.15) is 5.10 Å². The Morgan fingerprint density at radius 3 is 2.61 bits per heavy atom. The molecule has 0 saturated carbocycles. The monoisotopic (exact) mass is 447 g/mol. The third-order valence-corrected chi connectivity index (χ3v) is 4.49. The zero-order valence-electron chi connectivity index (χ0n) is 15.9. The lowest BCUT2D eigenvalue weighted by Gasteiger charge is -2.12. The minimum absolute atomic E-state index is 0.428. The van der Waals surface area contributed by atoms with Crippen LogP contribution in [0, 0.1) is 5.92 Å². The molecular weight excluding hydrogens is 426 g/mol. The average Bonchev–Trinajstić information content (AvgIpc) is 2.70. The summed E-state index contributed by atoms with van der Waals surface area (Å²) in [5, 5.41) is 6.61. The molecule has 0 bridgehead atoms. The fourth-order valence-corrected chi connectivity index (χ4v) is 2.61. The summed E-state index contributed by atoms with van der Waals surface area (Å²) in [5.41, 5.74) is 3.68. The van der Waals surface area contributed by atoms with Gasteiger partial charge in [-0.1, -0.05) is 12.1 Å².